The molecule has 0 bridgehead atoms. The second-order valence-corrected chi connectivity index (χ2v) is 20.0. The van der Waals surface area contributed by atoms with Crippen LogP contribution in [0.1, 0.15) is 114 Å². The number of rotatable bonds is 22. The molecule has 0 saturated carbocycles. The molecule has 358 valence electrons. The average molecular weight is 929 g/mol. The van der Waals surface area contributed by atoms with E-state index < -0.39 is 53.5 Å². The number of β-amino-alcohol motifs (C(OH)–C–C–N with tert-alkyl or cyclic N) is 1. The van der Waals surface area contributed by atoms with Gasteiger partial charge in [0.25, 0.3) is 0 Å². The van der Waals surface area contributed by atoms with Crippen LogP contribution >= 0.6 is 11.3 Å². The van der Waals surface area contributed by atoms with Crippen molar-refractivity contribution >= 4 is 52.5 Å². The number of nitrogens with zero attached hydrogens (tertiary/aromatic N) is 3. The summed E-state index contributed by atoms with van der Waals surface area (Å²) in [5, 5.41) is 19.5. The summed E-state index contributed by atoms with van der Waals surface area (Å²) in [7, 11) is 0. The number of aliphatic hydroxyl groups is 1. The zero-order chi connectivity index (χ0) is 47.5. The molecule has 8 N–H and O–H groups in total. The Morgan fingerprint density at radius 3 is 2.35 bits per heavy atom. The van der Waals surface area contributed by atoms with Gasteiger partial charge < -0.3 is 42.2 Å². The second kappa shape index (κ2) is 23.0. The molecule has 4 heterocycles. The number of benzene rings is 2. The molecule has 16 nitrogen and oxygen atoms in total. The van der Waals surface area contributed by atoms with Crippen molar-refractivity contribution in [1.29, 1.82) is 0 Å². The summed E-state index contributed by atoms with van der Waals surface area (Å²) in [6, 6.07) is 10.1. The number of thiazole rings is 1. The predicted molar refractivity (Wildman–Crippen MR) is 253 cm³/mol. The quantitative estimate of drug-likeness (QED) is 0.0794. The first-order chi connectivity index (χ1) is 31.5. The molecule has 6 rings (SSSR count). The van der Waals surface area contributed by atoms with Gasteiger partial charge in [-0.05, 0) is 66.7 Å². The average Bonchev–Trinajstić information content (AvgIpc) is 4.00. The van der Waals surface area contributed by atoms with Gasteiger partial charge in [-0.2, -0.15) is 0 Å². The van der Waals surface area contributed by atoms with Gasteiger partial charge in [-0.25, -0.2) is 4.98 Å². The molecule has 1 aromatic heterocycles. The summed E-state index contributed by atoms with van der Waals surface area (Å²) in [6.45, 7) is 8.51. The molecule has 0 radical (unpaired) electrons. The van der Waals surface area contributed by atoms with Crippen molar-refractivity contribution in [3.05, 3.63) is 70.4 Å². The maximum atomic E-state index is 14.0. The smallest absolute Gasteiger partial charge is 0.246 e. The van der Waals surface area contributed by atoms with Crippen LogP contribution in [0.4, 0.5) is 5.69 Å². The summed E-state index contributed by atoms with van der Waals surface area (Å²) in [6.07, 6.45) is 6.48. The zero-order valence-corrected chi connectivity index (χ0v) is 39.6. The highest BCUT2D eigenvalue weighted by Gasteiger charge is 2.45. The van der Waals surface area contributed by atoms with Crippen molar-refractivity contribution in [3.8, 4) is 10.4 Å². The SMILES string of the molecule is Cc1ncsc1-c1ccc(CNC(=O)[C@@H]2C[C@@H](O)CN2C(=O)[C@@H](NC(=O)CCCCCCCCOC[C@H](CCC(N)=O)NC(=O)[C@@H]2Cc3cccc4c3N2C(=O)[C@@H](N)CC4)C(C)(C)C)cc1. The fourth-order valence-corrected chi connectivity index (χ4v) is 9.92. The normalized spacial score (nSPS) is 20.1. The molecule has 66 heavy (non-hydrogen) atoms. The molecule has 17 heteroatoms. The number of nitrogens with one attached hydrogen (secondary N) is 3. The van der Waals surface area contributed by atoms with E-state index in [-0.39, 0.29) is 62.6 Å². The molecule has 3 aliphatic rings. The van der Waals surface area contributed by atoms with E-state index in [1.54, 1.807) is 16.2 Å². The van der Waals surface area contributed by atoms with Crippen molar-refractivity contribution in [2.75, 3.05) is 24.7 Å². The standard InChI is InChI=1S/C49H68N8O8S/c1-30-43(66-29-53-30)33-17-15-31(16-18-33)26-52-45(61)38-25-36(58)27-56(38)48(64)44(49(2,3)4)55-41(60)14-9-7-5-6-8-10-23-65-28-35(20-22-40(51)59)54-46(62)39-24-34-13-11-12-32-19-21-37(50)47(63)57(39)42(32)34/h11-13,15-18,29,35-39,44,58H,5-10,14,19-28,50H2,1-4H3,(H2,51,59)(H,52,61)(H,54,62)(H,55,60)/t35-,36+,37-,38-,39-,44+/m0/s1. The number of aromatic nitrogens is 1. The lowest BCUT2D eigenvalue weighted by Crippen LogP contribution is -2.57. The summed E-state index contributed by atoms with van der Waals surface area (Å²) < 4.78 is 5.96. The van der Waals surface area contributed by atoms with Crippen LogP contribution in [-0.2, 0) is 52.9 Å². The minimum atomic E-state index is -0.887. The Hall–Kier alpha value is -5.23. The number of anilines is 1. The molecule has 1 fully saturated rings. The summed E-state index contributed by atoms with van der Waals surface area (Å²) in [5.74, 6) is -2.04. The van der Waals surface area contributed by atoms with Gasteiger partial charge >= 0.3 is 0 Å². The first kappa shape index (κ1) is 50.2. The lowest BCUT2D eigenvalue weighted by molar-refractivity contribution is -0.144. The van der Waals surface area contributed by atoms with Gasteiger partial charge in [0, 0.05) is 45.4 Å². The van der Waals surface area contributed by atoms with Gasteiger partial charge in [-0.3, -0.25) is 33.7 Å². The summed E-state index contributed by atoms with van der Waals surface area (Å²) in [4.78, 5) is 87.7. The van der Waals surface area contributed by atoms with Crippen LogP contribution in [0.15, 0.2) is 48.0 Å². The minimum Gasteiger partial charge on any atom is -0.391 e. The van der Waals surface area contributed by atoms with Crippen molar-refractivity contribution in [2.45, 2.75) is 154 Å². The number of para-hydroxylation sites is 1. The first-order valence-corrected chi connectivity index (χ1v) is 24.3. The fourth-order valence-electron chi connectivity index (χ4n) is 9.11. The van der Waals surface area contributed by atoms with Crippen molar-refractivity contribution in [1.82, 2.24) is 25.8 Å². The second-order valence-electron chi connectivity index (χ2n) is 19.1. The number of carbonyl (C=O) groups is 6. The summed E-state index contributed by atoms with van der Waals surface area (Å²) >= 11 is 1.57. The van der Waals surface area contributed by atoms with Gasteiger partial charge in [-0.1, -0.05) is 88.9 Å². The van der Waals surface area contributed by atoms with Crippen molar-refractivity contribution in [3.63, 3.8) is 0 Å². The number of nitrogens with two attached hydrogens (primary N) is 2. The molecule has 2 aromatic carbocycles. The maximum Gasteiger partial charge on any atom is 0.246 e. The topological polar surface area (TPSA) is 239 Å². The number of ether oxygens (including phenoxy) is 1. The molecule has 0 unspecified atom stereocenters. The maximum absolute atomic E-state index is 14.0. The van der Waals surface area contributed by atoms with E-state index in [0.29, 0.717) is 38.7 Å². The third kappa shape index (κ3) is 13.0. The number of unbranched alkanes of at least 4 members (excludes halogenated alkanes) is 5. The summed E-state index contributed by atoms with van der Waals surface area (Å²) in [5.41, 5.74) is 18.5. The van der Waals surface area contributed by atoms with E-state index in [9.17, 15) is 33.9 Å². The number of likely N-dealkylation sites (tertiary alicyclic amines) is 1. The fraction of sp³-hybridized carbons (Fsp3) is 0.571. The molecule has 3 aliphatic heterocycles. The molecule has 0 spiro atoms. The lowest BCUT2D eigenvalue weighted by Gasteiger charge is -2.35. The van der Waals surface area contributed by atoms with Crippen LogP contribution in [0, 0.1) is 12.3 Å². The van der Waals surface area contributed by atoms with Gasteiger partial charge in [0.1, 0.15) is 18.1 Å². The van der Waals surface area contributed by atoms with E-state index in [0.717, 1.165) is 70.6 Å². The van der Waals surface area contributed by atoms with Crippen molar-refractivity contribution in [2.24, 2.45) is 16.9 Å². The van der Waals surface area contributed by atoms with Crippen LogP contribution < -0.4 is 32.3 Å². The molecule has 3 aromatic rings. The number of aliphatic hydroxyl groups excluding tert-OH is 1. The number of hydrogen-bond acceptors (Lipinski definition) is 11. The molecule has 0 aliphatic carbocycles. The molecule has 6 amide bonds. The largest absolute Gasteiger partial charge is 0.391 e. The molecular weight excluding hydrogens is 861 g/mol. The monoisotopic (exact) mass is 928 g/mol. The number of aryl methyl sites for hydroxylation is 2. The number of carbonyl (C=O) groups excluding carboxylic acids is 6. The molecule has 6 atom stereocenters. The number of primary amides is 1. The van der Waals surface area contributed by atoms with Gasteiger partial charge in [0.05, 0.1) is 46.6 Å². The van der Waals surface area contributed by atoms with Crippen LogP contribution in [0.25, 0.3) is 10.4 Å². The van der Waals surface area contributed by atoms with Crippen LogP contribution in [0.2, 0.25) is 0 Å². The Morgan fingerprint density at radius 1 is 0.939 bits per heavy atom. The highest BCUT2D eigenvalue weighted by molar-refractivity contribution is 7.13. The van der Waals surface area contributed by atoms with E-state index in [2.05, 4.69) is 20.9 Å². The van der Waals surface area contributed by atoms with Crippen LogP contribution in [0.5, 0.6) is 0 Å². The Morgan fingerprint density at radius 2 is 1.65 bits per heavy atom. The first-order valence-electron chi connectivity index (χ1n) is 23.4. The third-order valence-corrected chi connectivity index (χ3v) is 13.8. The van der Waals surface area contributed by atoms with E-state index in [1.165, 1.54) is 4.90 Å². The van der Waals surface area contributed by atoms with Crippen LogP contribution in [-0.4, -0.2) is 107 Å². The highest BCUT2D eigenvalue weighted by atomic mass is 32.1. The molecular formula is C49H68N8O8S. The Balaban J connectivity index is 0.884. The van der Waals surface area contributed by atoms with E-state index in [1.807, 2.05) is 75.7 Å². The van der Waals surface area contributed by atoms with Crippen molar-refractivity contribution < 1.29 is 38.6 Å². The minimum absolute atomic E-state index is 0.00836. The molecule has 1 saturated heterocycles. The van der Waals surface area contributed by atoms with E-state index >= 15 is 0 Å². The third-order valence-electron chi connectivity index (χ3n) is 12.8. The Labute approximate surface area is 392 Å². The van der Waals surface area contributed by atoms with Gasteiger partial charge in [0.2, 0.25) is 35.4 Å². The van der Waals surface area contributed by atoms with Gasteiger partial charge in [0.15, 0.2) is 0 Å². The number of hydrogen-bond donors (Lipinski definition) is 6. The zero-order valence-electron chi connectivity index (χ0n) is 38.8. The number of amides is 6. The van der Waals surface area contributed by atoms with E-state index in [4.69, 9.17) is 16.2 Å². The lowest BCUT2D eigenvalue weighted by atomic mass is 9.85. The van der Waals surface area contributed by atoms with Gasteiger partial charge in [-0.15, -0.1) is 11.3 Å². The highest BCUT2D eigenvalue weighted by Crippen LogP contribution is 2.39. The Bertz CT molecular complexity index is 2190. The predicted octanol–water partition coefficient (Wildman–Crippen LogP) is 3.96. The van der Waals surface area contributed by atoms with Crippen LogP contribution in [0.3, 0.4) is 0 Å². The Kier molecular flexibility index (Phi) is 17.5.